The number of aliphatic hydroxyl groups excluding tert-OH is 1. The first-order valence-electron chi connectivity index (χ1n) is 18.6. The van der Waals surface area contributed by atoms with E-state index < -0.39 is 65.9 Å². The second kappa shape index (κ2) is 14.5. The summed E-state index contributed by atoms with van der Waals surface area (Å²) in [7, 11) is -3.03. The van der Waals surface area contributed by atoms with Crippen LogP contribution in [0.3, 0.4) is 0 Å². The minimum atomic E-state index is -4.78. The highest BCUT2D eigenvalue weighted by molar-refractivity contribution is 6.74. The molecule has 0 aliphatic heterocycles. The second-order valence-corrected chi connectivity index (χ2v) is 20.9. The average molecular weight is 787 g/mol. The van der Waals surface area contributed by atoms with Gasteiger partial charge in [-0.1, -0.05) is 87.5 Å². The van der Waals surface area contributed by atoms with Crippen molar-refractivity contribution in [2.24, 2.45) is 11.8 Å². The molecule has 0 spiro atoms. The van der Waals surface area contributed by atoms with Crippen LogP contribution in [-0.4, -0.2) is 42.3 Å². The highest BCUT2D eigenvalue weighted by atomic mass is 28.4. The van der Waals surface area contributed by atoms with Gasteiger partial charge in [0.05, 0.1) is 17.2 Å². The van der Waals surface area contributed by atoms with Gasteiger partial charge in [0.2, 0.25) is 5.78 Å². The zero-order valence-corrected chi connectivity index (χ0v) is 33.0. The number of benzene rings is 3. The molecule has 0 saturated carbocycles. The first kappa shape index (κ1) is 39.3. The first-order valence-corrected chi connectivity index (χ1v) is 21.5. The summed E-state index contributed by atoms with van der Waals surface area (Å²) in [5.74, 6) is -4.05. The molecular formula is C43H45F3N2O7Si. The topological polar surface area (TPSA) is 120 Å². The third-order valence-electron chi connectivity index (χ3n) is 11.7. The Balaban J connectivity index is 1.43. The van der Waals surface area contributed by atoms with Crippen molar-refractivity contribution in [3.8, 4) is 11.6 Å². The standard InChI is InChI=1S/C43H45F3N2O7Si/c1-7-20-47-35-30-22-27-21-28-29(43(44,45)46)18-19-31(52-23-25-14-10-8-11-15-25)33(28)36(49)32(27)38(50)42(30,55-56(5,6)41(2,3)4)39(51)34-37(35)54-48-40(34)53-24-26-16-12-9-13-17-26/h7-19,27,30,35,47,50H,1,20-24H2,2-6H3/t27-,30-,35-,42?/m0/s1. The number of ether oxygens (including phenoxy) is 2. The largest absolute Gasteiger partial charge is 0.508 e. The van der Waals surface area contributed by atoms with Crippen molar-refractivity contribution in [3.05, 3.63) is 136 Å². The molecule has 1 aromatic heterocycles. The normalized spacial score (nSPS) is 22.2. The van der Waals surface area contributed by atoms with E-state index in [0.29, 0.717) is 0 Å². The smallest absolute Gasteiger partial charge is 0.416 e. The second-order valence-electron chi connectivity index (χ2n) is 16.2. The molecule has 0 fully saturated rings. The lowest BCUT2D eigenvalue weighted by Crippen LogP contribution is -2.65. The summed E-state index contributed by atoms with van der Waals surface area (Å²) in [5, 5.41) is 19.9. The number of nitrogens with zero attached hydrogens (tertiary/aromatic N) is 1. The van der Waals surface area contributed by atoms with E-state index >= 15 is 4.79 Å². The maximum atomic E-state index is 15.4. The molecule has 2 N–H and O–H groups in total. The maximum Gasteiger partial charge on any atom is 0.416 e. The van der Waals surface area contributed by atoms with Crippen LogP contribution in [0.5, 0.6) is 11.6 Å². The Morgan fingerprint density at radius 1 is 0.964 bits per heavy atom. The Hall–Kier alpha value is -4.98. The molecule has 3 aliphatic carbocycles. The molecule has 0 bridgehead atoms. The highest BCUT2D eigenvalue weighted by Crippen LogP contribution is 2.59. The Morgan fingerprint density at radius 2 is 1.59 bits per heavy atom. The number of hydrogen-bond donors (Lipinski definition) is 2. The SMILES string of the molecule is C=CCN[C@@H]1c2onc(OCc3ccccc3)c2C(=O)C2(O[Si](C)(C)C(C)(C)C)C(O)=C3C(=O)c4c(OCc5ccccc5)ccc(C(F)(F)F)c4C[C@H]3C[C@@H]12. The number of nitrogens with one attached hydrogen (secondary N) is 1. The number of alkyl halides is 3. The summed E-state index contributed by atoms with van der Waals surface area (Å²) < 4.78 is 69.2. The van der Waals surface area contributed by atoms with Gasteiger partial charge in [-0.25, -0.2) is 0 Å². The number of fused-ring (bicyclic) bond motifs is 4. The summed E-state index contributed by atoms with van der Waals surface area (Å²) in [6.07, 6.45) is -3.42. The lowest BCUT2D eigenvalue weighted by Gasteiger charge is -2.54. The molecule has 0 saturated heterocycles. The molecule has 4 aromatic rings. The summed E-state index contributed by atoms with van der Waals surface area (Å²) in [4.78, 5) is 30.4. The Labute approximate surface area is 324 Å². The van der Waals surface area contributed by atoms with Gasteiger partial charge in [0.25, 0.3) is 5.88 Å². The van der Waals surface area contributed by atoms with E-state index in [-0.39, 0.29) is 72.3 Å². The summed E-state index contributed by atoms with van der Waals surface area (Å²) in [6, 6.07) is 19.5. The Morgan fingerprint density at radius 3 is 2.18 bits per heavy atom. The van der Waals surface area contributed by atoms with Crippen LogP contribution in [0.25, 0.3) is 0 Å². The van der Waals surface area contributed by atoms with Crippen LogP contribution in [0.1, 0.15) is 82.0 Å². The van der Waals surface area contributed by atoms with Gasteiger partial charge in [-0.05, 0) is 70.9 Å². The van der Waals surface area contributed by atoms with Crippen molar-refractivity contribution in [1.29, 1.82) is 0 Å². The van der Waals surface area contributed by atoms with Crippen LogP contribution in [0.2, 0.25) is 18.1 Å². The number of ketones is 2. The van der Waals surface area contributed by atoms with E-state index in [1.54, 1.807) is 30.3 Å². The number of rotatable bonds is 11. The van der Waals surface area contributed by atoms with Crippen LogP contribution < -0.4 is 14.8 Å². The molecule has 3 aliphatic rings. The van der Waals surface area contributed by atoms with Gasteiger partial charge in [-0.15, -0.1) is 6.58 Å². The van der Waals surface area contributed by atoms with Crippen LogP contribution in [-0.2, 0) is 30.2 Å². The number of halogens is 3. The molecule has 3 aromatic carbocycles. The zero-order valence-electron chi connectivity index (χ0n) is 32.0. The lowest BCUT2D eigenvalue weighted by atomic mass is 9.58. The number of allylic oxidation sites excluding steroid dienone is 1. The van der Waals surface area contributed by atoms with Crippen molar-refractivity contribution in [2.45, 2.75) is 82.8 Å². The van der Waals surface area contributed by atoms with Gasteiger partial charge in [-0.2, -0.15) is 13.2 Å². The fraction of sp³-hybridized carbons (Fsp3) is 0.372. The van der Waals surface area contributed by atoms with Gasteiger partial charge in [0, 0.05) is 18.0 Å². The number of carbonyl (C=O) groups is 2. The number of carbonyl (C=O) groups excluding carboxylic acids is 2. The third kappa shape index (κ3) is 6.69. The molecule has 9 nitrogen and oxygen atoms in total. The van der Waals surface area contributed by atoms with Crippen LogP contribution in [0.4, 0.5) is 13.2 Å². The van der Waals surface area contributed by atoms with Gasteiger partial charge in [0.1, 0.15) is 30.3 Å². The zero-order chi connectivity index (χ0) is 40.2. The molecule has 0 radical (unpaired) electrons. The molecular weight excluding hydrogens is 742 g/mol. The molecule has 0 amide bonds. The van der Waals surface area contributed by atoms with E-state index in [1.165, 1.54) is 0 Å². The summed E-state index contributed by atoms with van der Waals surface area (Å²) >= 11 is 0. The van der Waals surface area contributed by atoms with E-state index in [4.69, 9.17) is 18.4 Å². The van der Waals surface area contributed by atoms with Gasteiger partial charge < -0.3 is 28.8 Å². The minimum absolute atomic E-state index is 0.00745. The first-order chi connectivity index (χ1) is 26.5. The molecule has 56 heavy (non-hydrogen) atoms. The quantitative estimate of drug-likeness (QED) is 0.113. The third-order valence-corrected chi connectivity index (χ3v) is 16.1. The van der Waals surface area contributed by atoms with Gasteiger partial charge in [0.15, 0.2) is 25.5 Å². The summed E-state index contributed by atoms with van der Waals surface area (Å²) in [5.41, 5.74) is -2.29. The fourth-order valence-corrected chi connectivity index (χ4v) is 9.40. The predicted molar refractivity (Wildman–Crippen MR) is 205 cm³/mol. The van der Waals surface area contributed by atoms with Crippen molar-refractivity contribution in [3.63, 3.8) is 0 Å². The van der Waals surface area contributed by atoms with Crippen LogP contribution in [0, 0.1) is 11.8 Å². The van der Waals surface area contributed by atoms with E-state index in [0.717, 1.165) is 23.3 Å². The van der Waals surface area contributed by atoms with E-state index in [2.05, 4.69) is 17.1 Å². The number of Topliss-reactive ketones (excluding diaryl/α,β-unsaturated/α-hetero) is 2. The van der Waals surface area contributed by atoms with Gasteiger partial charge >= 0.3 is 6.18 Å². The Kier molecular flexibility index (Phi) is 10.2. The fourth-order valence-electron chi connectivity index (χ4n) is 7.95. The van der Waals surface area contributed by atoms with E-state index in [1.807, 2.05) is 70.3 Å². The Bertz CT molecular complexity index is 2190. The van der Waals surface area contributed by atoms with Gasteiger partial charge in [-0.3, -0.25) is 9.59 Å². The molecule has 294 valence electrons. The van der Waals surface area contributed by atoms with Crippen molar-refractivity contribution in [2.75, 3.05) is 6.54 Å². The molecule has 1 heterocycles. The minimum Gasteiger partial charge on any atom is -0.508 e. The van der Waals surface area contributed by atoms with Crippen molar-refractivity contribution >= 4 is 19.9 Å². The number of hydrogen-bond acceptors (Lipinski definition) is 9. The highest BCUT2D eigenvalue weighted by Gasteiger charge is 2.67. The maximum absolute atomic E-state index is 15.4. The van der Waals surface area contributed by atoms with Crippen LogP contribution in [0.15, 0.2) is 101 Å². The lowest BCUT2D eigenvalue weighted by molar-refractivity contribution is -0.138. The van der Waals surface area contributed by atoms with E-state index in [9.17, 15) is 23.1 Å². The molecule has 7 rings (SSSR count). The summed E-state index contributed by atoms with van der Waals surface area (Å²) in [6.45, 7) is 13.9. The number of aliphatic hydroxyl groups is 1. The average Bonchev–Trinajstić information content (AvgIpc) is 3.57. The van der Waals surface area contributed by atoms with Crippen molar-refractivity contribution in [1.82, 2.24) is 10.5 Å². The molecule has 1 unspecified atom stereocenters. The molecule has 4 atom stereocenters. The monoisotopic (exact) mass is 786 g/mol. The van der Waals surface area contributed by atoms with Crippen LogP contribution >= 0.6 is 0 Å². The predicted octanol–water partition coefficient (Wildman–Crippen LogP) is 9.51. The van der Waals surface area contributed by atoms with Crippen molar-refractivity contribution < 1.29 is 46.3 Å². The molecule has 13 heteroatoms. The number of aromatic nitrogens is 1.